The fourth-order valence-electron chi connectivity index (χ4n) is 5.20. The molecular formula is C33H26F3N5O5S. The van der Waals surface area contributed by atoms with E-state index >= 15 is 0 Å². The second kappa shape index (κ2) is 12.0. The fraction of sp³-hybridized carbons (Fsp3) is 0.152. The highest BCUT2D eigenvalue weighted by molar-refractivity contribution is 7.92. The molecule has 6 aromatic rings. The van der Waals surface area contributed by atoms with E-state index < -0.39 is 38.9 Å². The maximum absolute atomic E-state index is 14.5. The van der Waals surface area contributed by atoms with E-state index in [1.807, 2.05) is 0 Å². The van der Waals surface area contributed by atoms with E-state index in [9.17, 15) is 31.2 Å². The summed E-state index contributed by atoms with van der Waals surface area (Å²) in [4.78, 5) is 35.9. The number of hydrogen-bond donors (Lipinski definition) is 2. The lowest BCUT2D eigenvalue weighted by Gasteiger charge is -2.14. The van der Waals surface area contributed by atoms with Gasteiger partial charge in [0, 0.05) is 41.3 Å². The number of furan rings is 1. The van der Waals surface area contributed by atoms with Crippen LogP contribution in [0.5, 0.6) is 0 Å². The first-order chi connectivity index (χ1) is 22.4. The predicted octanol–water partition coefficient (Wildman–Crippen LogP) is 5.77. The van der Waals surface area contributed by atoms with Gasteiger partial charge in [0.15, 0.2) is 5.52 Å². The Labute approximate surface area is 265 Å². The van der Waals surface area contributed by atoms with Gasteiger partial charge in [-0.2, -0.15) is 0 Å². The van der Waals surface area contributed by atoms with Crippen molar-refractivity contribution < 1.29 is 30.8 Å². The molecule has 0 aliphatic carbocycles. The third-order valence-corrected chi connectivity index (χ3v) is 8.94. The van der Waals surface area contributed by atoms with Crippen molar-refractivity contribution in [3.05, 3.63) is 111 Å². The Morgan fingerprint density at radius 2 is 1.68 bits per heavy atom. The minimum absolute atomic E-state index is 0.0582. The maximum Gasteiger partial charge on any atom is 0.280 e. The van der Waals surface area contributed by atoms with Crippen molar-refractivity contribution in [2.24, 2.45) is 0 Å². The number of sulfonamides is 1. The highest BCUT2D eigenvalue weighted by Gasteiger charge is 2.25. The van der Waals surface area contributed by atoms with Gasteiger partial charge in [0.2, 0.25) is 10.0 Å². The smallest absolute Gasteiger partial charge is 0.280 e. The van der Waals surface area contributed by atoms with Gasteiger partial charge in [0.05, 0.1) is 34.8 Å². The standard InChI is InChI=1S/C33H26F3N5O5S/c1-4-47(44,45)40-27-15-28-23(29(32(42)37-3)31(46-28)18-5-8-20(34)9-6-18)14-22(27)25-11-12-26-30(39-25)33(43)41(17(2)38-26)16-19-7-10-21(35)13-24(19)36/h5-15,40H,4,16H2,1-3H3,(H,37,42). The maximum atomic E-state index is 14.5. The Morgan fingerprint density at radius 1 is 0.957 bits per heavy atom. The van der Waals surface area contributed by atoms with E-state index in [1.165, 1.54) is 67.1 Å². The molecule has 0 bridgehead atoms. The van der Waals surface area contributed by atoms with Gasteiger partial charge in [-0.05, 0) is 62.4 Å². The number of aromatic nitrogens is 3. The van der Waals surface area contributed by atoms with Gasteiger partial charge in [0.25, 0.3) is 11.5 Å². The number of hydrogen-bond acceptors (Lipinski definition) is 7. The van der Waals surface area contributed by atoms with Crippen LogP contribution in [0.25, 0.3) is 44.6 Å². The molecule has 0 aliphatic heterocycles. The van der Waals surface area contributed by atoms with Crippen molar-refractivity contribution in [2.45, 2.75) is 20.4 Å². The first-order valence-corrected chi connectivity index (χ1v) is 16.0. The molecule has 47 heavy (non-hydrogen) atoms. The van der Waals surface area contributed by atoms with Gasteiger partial charge in [-0.25, -0.2) is 31.6 Å². The van der Waals surface area contributed by atoms with Crippen LogP contribution in [0.15, 0.2) is 75.9 Å². The molecular weight excluding hydrogens is 635 g/mol. The highest BCUT2D eigenvalue weighted by Crippen LogP contribution is 2.40. The molecule has 10 nitrogen and oxygen atoms in total. The molecule has 0 fully saturated rings. The molecule has 0 saturated carbocycles. The number of rotatable bonds is 8. The molecule has 2 N–H and O–H groups in total. The van der Waals surface area contributed by atoms with Gasteiger partial charge < -0.3 is 9.73 Å². The fourth-order valence-corrected chi connectivity index (χ4v) is 5.85. The quantitative estimate of drug-likeness (QED) is 0.212. The normalized spacial score (nSPS) is 11.7. The van der Waals surface area contributed by atoms with Crippen LogP contribution in [-0.4, -0.2) is 41.7 Å². The molecule has 0 saturated heterocycles. The van der Waals surface area contributed by atoms with Crippen LogP contribution in [0.2, 0.25) is 0 Å². The van der Waals surface area contributed by atoms with E-state index in [0.29, 0.717) is 10.9 Å². The van der Waals surface area contributed by atoms with Gasteiger partial charge >= 0.3 is 0 Å². The van der Waals surface area contributed by atoms with Crippen LogP contribution in [0.1, 0.15) is 28.7 Å². The number of anilines is 1. The van der Waals surface area contributed by atoms with Gasteiger partial charge in [-0.1, -0.05) is 6.07 Å². The average molecular weight is 662 g/mol. The van der Waals surface area contributed by atoms with Crippen LogP contribution in [0.3, 0.4) is 0 Å². The lowest BCUT2D eigenvalue weighted by molar-refractivity contribution is 0.0964. The summed E-state index contributed by atoms with van der Waals surface area (Å²) in [5.41, 5.74) is 0.695. The molecule has 3 aromatic carbocycles. The second-order valence-electron chi connectivity index (χ2n) is 10.6. The van der Waals surface area contributed by atoms with Crippen LogP contribution < -0.4 is 15.6 Å². The zero-order chi connectivity index (χ0) is 33.6. The zero-order valence-corrected chi connectivity index (χ0v) is 26.0. The SMILES string of the molecule is CCS(=O)(=O)Nc1cc2oc(-c3ccc(F)cc3)c(C(=O)NC)c2cc1-c1ccc2nc(C)n(Cc3ccc(F)cc3F)c(=O)c2n1. The predicted molar refractivity (Wildman–Crippen MR) is 171 cm³/mol. The molecule has 3 aromatic heterocycles. The molecule has 240 valence electrons. The van der Waals surface area contributed by atoms with Crippen molar-refractivity contribution in [1.82, 2.24) is 19.9 Å². The van der Waals surface area contributed by atoms with Crippen LogP contribution >= 0.6 is 0 Å². The van der Waals surface area contributed by atoms with E-state index in [-0.39, 0.29) is 68.6 Å². The highest BCUT2D eigenvalue weighted by atomic mass is 32.2. The van der Waals surface area contributed by atoms with E-state index in [2.05, 4.69) is 20.0 Å². The van der Waals surface area contributed by atoms with Crippen LogP contribution in [0.4, 0.5) is 18.9 Å². The number of carbonyl (C=O) groups excluding carboxylic acids is 1. The average Bonchev–Trinajstić information content (AvgIpc) is 3.41. The van der Waals surface area contributed by atoms with Crippen LogP contribution in [0, 0.1) is 24.4 Å². The molecule has 3 heterocycles. The molecule has 0 spiro atoms. The Bertz CT molecular complexity index is 2390. The van der Waals surface area contributed by atoms with Crippen molar-refractivity contribution in [3.8, 4) is 22.6 Å². The first-order valence-electron chi connectivity index (χ1n) is 14.3. The number of pyridine rings is 1. The van der Waals surface area contributed by atoms with Crippen molar-refractivity contribution in [1.29, 1.82) is 0 Å². The van der Waals surface area contributed by atoms with Crippen molar-refractivity contribution >= 4 is 43.6 Å². The summed E-state index contributed by atoms with van der Waals surface area (Å²) in [6.45, 7) is 2.79. The third-order valence-electron chi connectivity index (χ3n) is 7.65. The molecule has 0 radical (unpaired) electrons. The number of benzene rings is 3. The molecule has 14 heteroatoms. The summed E-state index contributed by atoms with van der Waals surface area (Å²) in [5.74, 6) is -2.45. The monoisotopic (exact) mass is 661 g/mol. The number of halogens is 3. The van der Waals surface area contributed by atoms with Crippen LogP contribution in [-0.2, 0) is 16.6 Å². The van der Waals surface area contributed by atoms with Crippen molar-refractivity contribution in [3.63, 3.8) is 0 Å². The Kier molecular flexibility index (Phi) is 8.05. The molecule has 6 rings (SSSR count). The number of nitrogens with zero attached hydrogens (tertiary/aromatic N) is 3. The van der Waals surface area contributed by atoms with E-state index in [0.717, 1.165) is 12.1 Å². The number of aryl methyl sites for hydroxylation is 1. The van der Waals surface area contributed by atoms with Gasteiger partial charge in [0.1, 0.15) is 34.6 Å². The van der Waals surface area contributed by atoms with E-state index in [4.69, 9.17) is 4.42 Å². The first kappa shape index (κ1) is 31.5. The van der Waals surface area contributed by atoms with Gasteiger partial charge in [-0.15, -0.1) is 0 Å². The summed E-state index contributed by atoms with van der Waals surface area (Å²) in [6.07, 6.45) is 0. The Morgan fingerprint density at radius 3 is 2.36 bits per heavy atom. The summed E-state index contributed by atoms with van der Waals surface area (Å²) in [6, 6.07) is 14.4. The summed E-state index contributed by atoms with van der Waals surface area (Å²) in [5, 5.41) is 2.87. The topological polar surface area (TPSA) is 136 Å². The zero-order valence-electron chi connectivity index (χ0n) is 25.2. The minimum Gasteiger partial charge on any atom is -0.455 e. The number of amides is 1. The summed E-state index contributed by atoms with van der Waals surface area (Å²) < 4.78 is 77.0. The lowest BCUT2D eigenvalue weighted by Crippen LogP contribution is -2.25. The third kappa shape index (κ3) is 5.94. The number of fused-ring (bicyclic) bond motifs is 2. The minimum atomic E-state index is -3.84. The van der Waals surface area contributed by atoms with E-state index in [1.54, 1.807) is 13.0 Å². The molecule has 1 amide bonds. The lowest BCUT2D eigenvalue weighted by atomic mass is 10.0. The molecule has 0 atom stereocenters. The Balaban J connectivity index is 1.58. The number of carbonyl (C=O) groups is 1. The van der Waals surface area contributed by atoms with Gasteiger partial charge in [-0.3, -0.25) is 18.9 Å². The largest absolute Gasteiger partial charge is 0.455 e. The molecule has 0 aliphatic rings. The number of nitrogens with one attached hydrogen (secondary N) is 2. The van der Waals surface area contributed by atoms with Crippen molar-refractivity contribution in [2.75, 3.05) is 17.5 Å². The Hall–Kier alpha value is -5.50. The summed E-state index contributed by atoms with van der Waals surface area (Å²) >= 11 is 0. The summed E-state index contributed by atoms with van der Waals surface area (Å²) in [7, 11) is -2.40. The molecule has 0 unspecified atom stereocenters. The second-order valence-corrected chi connectivity index (χ2v) is 12.7.